The van der Waals surface area contributed by atoms with Crippen molar-refractivity contribution in [1.82, 2.24) is 19.9 Å². The van der Waals surface area contributed by atoms with E-state index in [4.69, 9.17) is 13.9 Å². The molecular formula is C18H14N4O3. The van der Waals surface area contributed by atoms with Gasteiger partial charge in [-0.3, -0.25) is 9.97 Å². The van der Waals surface area contributed by atoms with Gasteiger partial charge in [0.25, 0.3) is 0 Å². The molecule has 0 N–H and O–H groups in total. The molecular weight excluding hydrogens is 320 g/mol. The molecule has 3 heterocycles. The van der Waals surface area contributed by atoms with E-state index in [0.29, 0.717) is 35.4 Å². The second kappa shape index (κ2) is 6.56. The first-order chi connectivity index (χ1) is 12.3. The van der Waals surface area contributed by atoms with Crippen LogP contribution in [0.2, 0.25) is 0 Å². The van der Waals surface area contributed by atoms with Crippen LogP contribution in [0.15, 0.2) is 59.5 Å². The Kier molecular flexibility index (Phi) is 3.96. The molecule has 25 heavy (non-hydrogen) atoms. The Balaban J connectivity index is 1.52. The SMILES string of the molecule is COc1cnc(COc2ccc3oc(-c4cccnc4)nc3c2)cn1. The molecule has 4 aromatic rings. The van der Waals surface area contributed by atoms with Gasteiger partial charge in [0, 0.05) is 18.5 Å². The normalized spacial score (nSPS) is 10.8. The fraction of sp³-hybridized carbons (Fsp3) is 0.111. The van der Waals surface area contributed by atoms with Gasteiger partial charge in [0.05, 0.1) is 30.8 Å². The Bertz CT molecular complexity index is 984. The van der Waals surface area contributed by atoms with Gasteiger partial charge in [0.2, 0.25) is 11.8 Å². The van der Waals surface area contributed by atoms with Crippen molar-refractivity contribution in [3.8, 4) is 23.1 Å². The molecule has 0 saturated heterocycles. The summed E-state index contributed by atoms with van der Waals surface area (Å²) in [4.78, 5) is 16.9. The monoisotopic (exact) mass is 334 g/mol. The number of hydrogen-bond donors (Lipinski definition) is 0. The minimum Gasteiger partial charge on any atom is -0.487 e. The third-order valence-electron chi connectivity index (χ3n) is 3.55. The Morgan fingerprint density at radius 1 is 1.08 bits per heavy atom. The third kappa shape index (κ3) is 3.25. The second-order valence-corrected chi connectivity index (χ2v) is 5.23. The molecule has 0 aliphatic carbocycles. The van der Waals surface area contributed by atoms with Crippen LogP contribution in [-0.4, -0.2) is 27.0 Å². The molecule has 4 rings (SSSR count). The summed E-state index contributed by atoms with van der Waals surface area (Å²) in [7, 11) is 1.55. The van der Waals surface area contributed by atoms with Crippen molar-refractivity contribution in [2.24, 2.45) is 0 Å². The first-order valence-corrected chi connectivity index (χ1v) is 7.60. The predicted molar refractivity (Wildman–Crippen MR) is 90.2 cm³/mol. The molecule has 7 heteroatoms. The predicted octanol–water partition coefficient (Wildman–Crippen LogP) is 3.27. The highest BCUT2D eigenvalue weighted by Crippen LogP contribution is 2.26. The van der Waals surface area contributed by atoms with E-state index < -0.39 is 0 Å². The quantitative estimate of drug-likeness (QED) is 0.554. The minimum absolute atomic E-state index is 0.301. The van der Waals surface area contributed by atoms with E-state index in [9.17, 15) is 0 Å². The second-order valence-electron chi connectivity index (χ2n) is 5.23. The summed E-state index contributed by atoms with van der Waals surface area (Å²) in [5, 5.41) is 0. The standard InChI is InChI=1S/C18H14N4O3/c1-23-17-10-20-13(9-21-17)11-24-14-4-5-16-15(7-14)22-18(25-16)12-3-2-6-19-8-12/h2-10H,11H2,1H3. The topological polar surface area (TPSA) is 83.2 Å². The largest absolute Gasteiger partial charge is 0.487 e. The van der Waals surface area contributed by atoms with Crippen molar-refractivity contribution < 1.29 is 13.9 Å². The highest BCUT2D eigenvalue weighted by Gasteiger charge is 2.09. The summed E-state index contributed by atoms with van der Waals surface area (Å²) in [6, 6.07) is 9.23. The average Bonchev–Trinajstić information content (AvgIpc) is 3.11. The van der Waals surface area contributed by atoms with Crippen molar-refractivity contribution in [3.05, 3.63) is 60.8 Å². The maximum atomic E-state index is 5.75. The number of methoxy groups -OCH3 is 1. The van der Waals surface area contributed by atoms with E-state index in [2.05, 4.69) is 19.9 Å². The molecule has 0 radical (unpaired) electrons. The molecule has 0 aliphatic heterocycles. The van der Waals surface area contributed by atoms with E-state index in [-0.39, 0.29) is 0 Å². The molecule has 124 valence electrons. The molecule has 3 aromatic heterocycles. The number of nitrogens with zero attached hydrogens (tertiary/aromatic N) is 4. The minimum atomic E-state index is 0.301. The molecule has 0 atom stereocenters. The molecule has 0 bridgehead atoms. The van der Waals surface area contributed by atoms with Crippen LogP contribution in [0.4, 0.5) is 0 Å². The summed E-state index contributed by atoms with van der Waals surface area (Å²) in [6.45, 7) is 0.301. The van der Waals surface area contributed by atoms with Crippen molar-refractivity contribution >= 4 is 11.1 Å². The van der Waals surface area contributed by atoms with Crippen LogP contribution in [0, 0.1) is 0 Å². The van der Waals surface area contributed by atoms with Crippen LogP contribution in [0.1, 0.15) is 5.69 Å². The molecule has 1 aromatic carbocycles. The summed E-state index contributed by atoms with van der Waals surface area (Å²) in [6.07, 6.45) is 6.60. The van der Waals surface area contributed by atoms with Gasteiger partial charge in [-0.15, -0.1) is 0 Å². The highest BCUT2D eigenvalue weighted by molar-refractivity contribution is 5.77. The summed E-state index contributed by atoms with van der Waals surface area (Å²) >= 11 is 0. The van der Waals surface area contributed by atoms with Crippen molar-refractivity contribution in [3.63, 3.8) is 0 Å². The number of pyridine rings is 1. The van der Waals surface area contributed by atoms with Crippen molar-refractivity contribution in [1.29, 1.82) is 0 Å². The fourth-order valence-corrected chi connectivity index (χ4v) is 2.29. The molecule has 0 amide bonds. The fourth-order valence-electron chi connectivity index (χ4n) is 2.29. The zero-order valence-electron chi connectivity index (χ0n) is 13.4. The molecule has 0 spiro atoms. The van der Waals surface area contributed by atoms with Crippen LogP contribution >= 0.6 is 0 Å². The van der Waals surface area contributed by atoms with Crippen LogP contribution in [0.5, 0.6) is 11.6 Å². The van der Waals surface area contributed by atoms with Gasteiger partial charge >= 0.3 is 0 Å². The summed E-state index contributed by atoms with van der Waals surface area (Å²) in [5.41, 5.74) is 2.94. The number of oxazole rings is 1. The van der Waals surface area contributed by atoms with Crippen LogP contribution in [0.3, 0.4) is 0 Å². The van der Waals surface area contributed by atoms with Crippen LogP contribution in [-0.2, 0) is 6.61 Å². The van der Waals surface area contributed by atoms with Gasteiger partial charge in [-0.25, -0.2) is 9.97 Å². The summed E-state index contributed by atoms with van der Waals surface area (Å²) < 4.78 is 16.5. The van der Waals surface area contributed by atoms with Gasteiger partial charge < -0.3 is 13.9 Å². The lowest BCUT2D eigenvalue weighted by Gasteiger charge is -2.05. The number of benzene rings is 1. The molecule has 0 aliphatic rings. The molecule has 0 unspecified atom stereocenters. The zero-order chi connectivity index (χ0) is 17.1. The molecule has 7 nitrogen and oxygen atoms in total. The van der Waals surface area contributed by atoms with E-state index in [1.54, 1.807) is 31.9 Å². The summed E-state index contributed by atoms with van der Waals surface area (Å²) in [5.74, 6) is 1.67. The van der Waals surface area contributed by atoms with Crippen molar-refractivity contribution in [2.45, 2.75) is 6.61 Å². The zero-order valence-corrected chi connectivity index (χ0v) is 13.4. The van der Waals surface area contributed by atoms with Crippen LogP contribution in [0.25, 0.3) is 22.6 Å². The Morgan fingerprint density at radius 3 is 2.80 bits per heavy atom. The lowest BCUT2D eigenvalue weighted by atomic mass is 10.3. The number of aromatic nitrogens is 4. The molecule has 0 saturated carbocycles. The Hall–Kier alpha value is -3.48. The van der Waals surface area contributed by atoms with E-state index in [1.807, 2.05) is 30.3 Å². The van der Waals surface area contributed by atoms with E-state index >= 15 is 0 Å². The van der Waals surface area contributed by atoms with E-state index in [0.717, 1.165) is 11.1 Å². The number of rotatable bonds is 5. The number of hydrogen-bond acceptors (Lipinski definition) is 7. The Morgan fingerprint density at radius 2 is 2.04 bits per heavy atom. The van der Waals surface area contributed by atoms with Gasteiger partial charge in [0.1, 0.15) is 17.9 Å². The average molecular weight is 334 g/mol. The lowest BCUT2D eigenvalue weighted by molar-refractivity contribution is 0.300. The first-order valence-electron chi connectivity index (χ1n) is 7.60. The molecule has 0 fully saturated rings. The Labute approximate surface area is 143 Å². The first kappa shape index (κ1) is 15.1. The smallest absolute Gasteiger partial charge is 0.231 e. The van der Waals surface area contributed by atoms with Gasteiger partial charge in [-0.1, -0.05) is 0 Å². The number of ether oxygens (including phenoxy) is 2. The third-order valence-corrected chi connectivity index (χ3v) is 3.55. The van der Waals surface area contributed by atoms with Gasteiger partial charge in [0.15, 0.2) is 5.58 Å². The maximum absolute atomic E-state index is 5.75. The van der Waals surface area contributed by atoms with Crippen molar-refractivity contribution in [2.75, 3.05) is 7.11 Å². The maximum Gasteiger partial charge on any atom is 0.231 e. The number of fused-ring (bicyclic) bond motifs is 1. The lowest BCUT2D eigenvalue weighted by Crippen LogP contribution is -1.99. The van der Waals surface area contributed by atoms with Gasteiger partial charge in [-0.05, 0) is 24.3 Å². The van der Waals surface area contributed by atoms with Gasteiger partial charge in [-0.2, -0.15) is 0 Å². The highest BCUT2D eigenvalue weighted by atomic mass is 16.5. The van der Waals surface area contributed by atoms with Crippen LogP contribution < -0.4 is 9.47 Å². The van der Waals surface area contributed by atoms with E-state index in [1.165, 1.54) is 0 Å².